The van der Waals surface area contributed by atoms with E-state index in [-0.39, 0.29) is 5.91 Å². The van der Waals surface area contributed by atoms with Crippen LogP contribution < -0.4 is 11.1 Å². The molecule has 0 spiro atoms. The van der Waals surface area contributed by atoms with E-state index in [4.69, 9.17) is 5.73 Å². The fourth-order valence-corrected chi connectivity index (χ4v) is 2.10. The van der Waals surface area contributed by atoms with Gasteiger partial charge in [0.2, 0.25) is 5.91 Å². The number of amides is 1. The topological polar surface area (TPSA) is 55.1 Å². The summed E-state index contributed by atoms with van der Waals surface area (Å²) in [6.45, 7) is 0.754. The molecule has 1 aromatic rings. The van der Waals surface area contributed by atoms with Gasteiger partial charge < -0.3 is 11.1 Å². The molecule has 3 heteroatoms. The van der Waals surface area contributed by atoms with Gasteiger partial charge in [-0.05, 0) is 17.9 Å². The van der Waals surface area contributed by atoms with Crippen LogP contribution in [0.1, 0.15) is 37.3 Å². The minimum atomic E-state index is -0.544. The summed E-state index contributed by atoms with van der Waals surface area (Å²) in [4.78, 5) is 11.8. The Labute approximate surface area is 102 Å². The SMILES string of the molecule is N[C@@H](C(=O)NCCC1CCC1)c1ccccc1. The van der Waals surface area contributed by atoms with Gasteiger partial charge in [0.15, 0.2) is 0 Å². The first-order valence-corrected chi connectivity index (χ1v) is 6.35. The molecule has 2 rings (SSSR count). The lowest BCUT2D eigenvalue weighted by Gasteiger charge is -2.25. The van der Waals surface area contributed by atoms with Gasteiger partial charge in [0.25, 0.3) is 0 Å². The maximum atomic E-state index is 11.8. The van der Waals surface area contributed by atoms with Crippen molar-refractivity contribution >= 4 is 5.91 Å². The standard InChI is InChI=1S/C14H20N2O/c15-13(12-7-2-1-3-8-12)14(17)16-10-9-11-5-4-6-11/h1-3,7-8,11,13H,4-6,9-10,15H2,(H,16,17)/t13-/m1/s1. The second-order valence-corrected chi connectivity index (χ2v) is 4.76. The van der Waals surface area contributed by atoms with Gasteiger partial charge in [-0.3, -0.25) is 4.79 Å². The Bertz CT molecular complexity index is 360. The fraction of sp³-hybridized carbons (Fsp3) is 0.500. The summed E-state index contributed by atoms with van der Waals surface area (Å²) in [5.74, 6) is 0.749. The van der Waals surface area contributed by atoms with Crippen molar-refractivity contribution in [2.75, 3.05) is 6.54 Å². The van der Waals surface area contributed by atoms with Crippen molar-refractivity contribution in [1.29, 1.82) is 0 Å². The minimum absolute atomic E-state index is 0.0736. The quantitative estimate of drug-likeness (QED) is 0.815. The van der Waals surface area contributed by atoms with E-state index < -0.39 is 6.04 Å². The molecule has 1 aromatic carbocycles. The second-order valence-electron chi connectivity index (χ2n) is 4.76. The van der Waals surface area contributed by atoms with E-state index >= 15 is 0 Å². The van der Waals surface area contributed by atoms with Gasteiger partial charge in [-0.2, -0.15) is 0 Å². The monoisotopic (exact) mass is 232 g/mol. The highest BCUT2D eigenvalue weighted by Crippen LogP contribution is 2.28. The number of hydrogen-bond donors (Lipinski definition) is 2. The van der Waals surface area contributed by atoms with E-state index in [9.17, 15) is 4.79 Å². The molecule has 0 saturated heterocycles. The zero-order chi connectivity index (χ0) is 12.1. The summed E-state index contributed by atoms with van der Waals surface area (Å²) in [6.07, 6.45) is 5.08. The summed E-state index contributed by atoms with van der Waals surface area (Å²) >= 11 is 0. The predicted molar refractivity (Wildman–Crippen MR) is 68.3 cm³/mol. The third kappa shape index (κ3) is 3.30. The molecule has 1 atom stereocenters. The van der Waals surface area contributed by atoms with Crippen LogP contribution >= 0.6 is 0 Å². The smallest absolute Gasteiger partial charge is 0.241 e. The summed E-state index contributed by atoms with van der Waals surface area (Å²) in [5.41, 5.74) is 6.76. The number of benzene rings is 1. The average Bonchev–Trinajstić information content (AvgIpc) is 2.32. The molecule has 0 unspecified atom stereocenters. The second kappa shape index (κ2) is 5.82. The molecule has 0 aliphatic heterocycles. The van der Waals surface area contributed by atoms with Crippen LogP contribution in [0.15, 0.2) is 30.3 Å². The normalized spacial score (nSPS) is 17.2. The fourth-order valence-electron chi connectivity index (χ4n) is 2.10. The molecule has 92 valence electrons. The number of carbonyl (C=O) groups is 1. The molecule has 1 amide bonds. The lowest BCUT2D eigenvalue weighted by atomic mass is 9.83. The average molecular weight is 232 g/mol. The maximum Gasteiger partial charge on any atom is 0.241 e. The molecule has 1 saturated carbocycles. The molecule has 0 bridgehead atoms. The van der Waals surface area contributed by atoms with E-state index in [0.717, 1.165) is 24.4 Å². The molecule has 3 nitrogen and oxygen atoms in total. The highest BCUT2D eigenvalue weighted by Gasteiger charge is 2.18. The van der Waals surface area contributed by atoms with E-state index in [0.29, 0.717) is 0 Å². The van der Waals surface area contributed by atoms with Crippen LogP contribution in [0, 0.1) is 5.92 Å². The van der Waals surface area contributed by atoms with Crippen LogP contribution in [-0.2, 0) is 4.79 Å². The van der Waals surface area contributed by atoms with Crippen LogP contribution in [0.2, 0.25) is 0 Å². The van der Waals surface area contributed by atoms with E-state index in [1.165, 1.54) is 19.3 Å². The molecule has 3 N–H and O–H groups in total. The third-order valence-corrected chi connectivity index (χ3v) is 3.52. The molecular weight excluding hydrogens is 212 g/mol. The molecule has 17 heavy (non-hydrogen) atoms. The molecule has 1 aliphatic carbocycles. The maximum absolute atomic E-state index is 11.8. The van der Waals surface area contributed by atoms with Crippen molar-refractivity contribution in [1.82, 2.24) is 5.32 Å². The number of rotatable bonds is 5. The van der Waals surface area contributed by atoms with Crippen molar-refractivity contribution in [2.24, 2.45) is 11.7 Å². The number of nitrogens with one attached hydrogen (secondary N) is 1. The zero-order valence-electron chi connectivity index (χ0n) is 10.1. The Morgan fingerprint density at radius 1 is 1.35 bits per heavy atom. The Kier molecular flexibility index (Phi) is 4.15. The van der Waals surface area contributed by atoms with Gasteiger partial charge in [0.05, 0.1) is 0 Å². The Balaban J connectivity index is 1.75. The number of hydrogen-bond acceptors (Lipinski definition) is 2. The van der Waals surface area contributed by atoms with Crippen molar-refractivity contribution < 1.29 is 4.79 Å². The molecule has 1 fully saturated rings. The predicted octanol–water partition coefficient (Wildman–Crippen LogP) is 1.99. The summed E-state index contributed by atoms with van der Waals surface area (Å²) < 4.78 is 0. The molecule has 0 aromatic heterocycles. The summed E-state index contributed by atoms with van der Waals surface area (Å²) in [5, 5.41) is 2.92. The highest BCUT2D eigenvalue weighted by atomic mass is 16.2. The van der Waals surface area contributed by atoms with Gasteiger partial charge in [-0.1, -0.05) is 49.6 Å². The minimum Gasteiger partial charge on any atom is -0.354 e. The van der Waals surface area contributed by atoms with Crippen molar-refractivity contribution in [3.8, 4) is 0 Å². The lowest BCUT2D eigenvalue weighted by Crippen LogP contribution is -2.35. The first-order valence-electron chi connectivity index (χ1n) is 6.35. The highest BCUT2D eigenvalue weighted by molar-refractivity contribution is 5.82. The van der Waals surface area contributed by atoms with Gasteiger partial charge in [-0.25, -0.2) is 0 Å². The van der Waals surface area contributed by atoms with Crippen LogP contribution in [0.4, 0.5) is 0 Å². The van der Waals surface area contributed by atoms with E-state index in [1.807, 2.05) is 30.3 Å². The van der Waals surface area contributed by atoms with Gasteiger partial charge in [0, 0.05) is 6.54 Å². The van der Waals surface area contributed by atoms with Crippen molar-refractivity contribution in [3.63, 3.8) is 0 Å². The lowest BCUT2D eigenvalue weighted by molar-refractivity contribution is -0.122. The molecule has 0 radical (unpaired) electrons. The summed E-state index contributed by atoms with van der Waals surface area (Å²) in [7, 11) is 0. The van der Waals surface area contributed by atoms with Crippen molar-refractivity contribution in [3.05, 3.63) is 35.9 Å². The Morgan fingerprint density at radius 3 is 2.65 bits per heavy atom. The van der Waals surface area contributed by atoms with Crippen LogP contribution in [0.25, 0.3) is 0 Å². The van der Waals surface area contributed by atoms with Crippen LogP contribution in [0.3, 0.4) is 0 Å². The van der Waals surface area contributed by atoms with Crippen molar-refractivity contribution in [2.45, 2.75) is 31.7 Å². The van der Waals surface area contributed by atoms with Crippen LogP contribution in [-0.4, -0.2) is 12.5 Å². The third-order valence-electron chi connectivity index (χ3n) is 3.52. The van der Waals surface area contributed by atoms with E-state index in [2.05, 4.69) is 5.32 Å². The van der Waals surface area contributed by atoms with Crippen LogP contribution in [0.5, 0.6) is 0 Å². The van der Waals surface area contributed by atoms with Gasteiger partial charge >= 0.3 is 0 Å². The Morgan fingerprint density at radius 2 is 2.06 bits per heavy atom. The molecule has 1 aliphatic rings. The largest absolute Gasteiger partial charge is 0.354 e. The Hall–Kier alpha value is -1.35. The number of nitrogens with two attached hydrogens (primary N) is 1. The number of carbonyl (C=O) groups excluding carboxylic acids is 1. The zero-order valence-corrected chi connectivity index (χ0v) is 10.1. The summed E-state index contributed by atoms with van der Waals surface area (Å²) in [6, 6.07) is 8.95. The first kappa shape index (κ1) is 12.1. The first-order chi connectivity index (χ1) is 8.27. The molecular formula is C14H20N2O. The van der Waals surface area contributed by atoms with E-state index in [1.54, 1.807) is 0 Å². The van der Waals surface area contributed by atoms with Gasteiger partial charge in [0.1, 0.15) is 6.04 Å². The molecule has 0 heterocycles. The van der Waals surface area contributed by atoms with Gasteiger partial charge in [-0.15, -0.1) is 0 Å².